The molecule has 2 aromatic carbocycles. The molecular formula is C20H19ClFN5O2S. The molecule has 0 aliphatic heterocycles. The third-order valence-electron chi connectivity index (χ3n) is 4.17. The summed E-state index contributed by atoms with van der Waals surface area (Å²) < 4.78 is 14.7. The summed E-state index contributed by atoms with van der Waals surface area (Å²) in [6.45, 7) is 1.80. The van der Waals surface area contributed by atoms with E-state index in [1.807, 2.05) is 0 Å². The van der Waals surface area contributed by atoms with E-state index >= 15 is 0 Å². The first kappa shape index (κ1) is 21.8. The van der Waals surface area contributed by atoms with Gasteiger partial charge in [0, 0.05) is 23.3 Å². The summed E-state index contributed by atoms with van der Waals surface area (Å²) in [5.74, 6) is -0.213. The van der Waals surface area contributed by atoms with Crippen LogP contribution in [0.25, 0.3) is 0 Å². The van der Waals surface area contributed by atoms with Gasteiger partial charge in [-0.05, 0) is 55.5 Å². The first-order valence-electron chi connectivity index (χ1n) is 8.97. The zero-order valence-corrected chi connectivity index (χ0v) is 17.8. The molecule has 10 heteroatoms. The molecule has 1 heterocycles. The van der Waals surface area contributed by atoms with Crippen molar-refractivity contribution in [2.75, 3.05) is 11.1 Å². The quantitative estimate of drug-likeness (QED) is 0.537. The lowest BCUT2D eigenvalue weighted by Gasteiger charge is -2.13. The molecule has 3 aromatic rings. The highest BCUT2D eigenvalue weighted by atomic mass is 35.5. The van der Waals surface area contributed by atoms with Gasteiger partial charge in [0.05, 0.1) is 11.8 Å². The molecular weight excluding hydrogens is 429 g/mol. The number of anilines is 1. The van der Waals surface area contributed by atoms with Crippen LogP contribution in [0.3, 0.4) is 0 Å². The molecule has 30 heavy (non-hydrogen) atoms. The molecule has 0 spiro atoms. The van der Waals surface area contributed by atoms with Gasteiger partial charge in [-0.25, -0.2) is 4.39 Å². The van der Waals surface area contributed by atoms with Gasteiger partial charge in [-0.15, -0.1) is 10.2 Å². The van der Waals surface area contributed by atoms with Crippen molar-refractivity contribution >= 4 is 40.9 Å². The highest BCUT2D eigenvalue weighted by Crippen LogP contribution is 2.20. The second-order valence-electron chi connectivity index (χ2n) is 6.45. The Hall–Kier alpha value is -2.91. The van der Waals surface area contributed by atoms with Crippen molar-refractivity contribution in [1.29, 1.82) is 0 Å². The number of aromatic nitrogens is 3. The van der Waals surface area contributed by atoms with E-state index in [1.54, 1.807) is 42.8 Å². The first-order valence-corrected chi connectivity index (χ1v) is 10.3. The molecule has 2 N–H and O–H groups in total. The number of thioether (sulfide) groups is 1. The number of amides is 2. The smallest absolute Gasteiger partial charge is 0.251 e. The molecule has 1 aromatic heterocycles. The monoisotopic (exact) mass is 447 g/mol. The fourth-order valence-corrected chi connectivity index (χ4v) is 3.48. The summed E-state index contributed by atoms with van der Waals surface area (Å²) in [7, 11) is 1.76. The first-order chi connectivity index (χ1) is 14.3. The Morgan fingerprint density at radius 2 is 1.80 bits per heavy atom. The van der Waals surface area contributed by atoms with E-state index in [9.17, 15) is 14.0 Å². The van der Waals surface area contributed by atoms with Crippen molar-refractivity contribution < 1.29 is 14.0 Å². The molecule has 3 rings (SSSR count). The van der Waals surface area contributed by atoms with Crippen LogP contribution in [0.5, 0.6) is 0 Å². The lowest BCUT2D eigenvalue weighted by Crippen LogP contribution is -2.28. The number of hydrogen-bond donors (Lipinski definition) is 2. The number of nitrogens with zero attached hydrogens (tertiary/aromatic N) is 3. The van der Waals surface area contributed by atoms with E-state index in [4.69, 9.17) is 11.6 Å². The van der Waals surface area contributed by atoms with Crippen LogP contribution in [0.1, 0.15) is 29.1 Å². The molecule has 0 saturated heterocycles. The molecule has 7 nitrogen and oxygen atoms in total. The van der Waals surface area contributed by atoms with Gasteiger partial charge in [0.1, 0.15) is 5.82 Å². The maximum atomic E-state index is 12.9. The predicted octanol–water partition coefficient (Wildman–Crippen LogP) is 3.83. The minimum atomic E-state index is -0.395. The molecule has 0 radical (unpaired) electrons. The van der Waals surface area contributed by atoms with Crippen molar-refractivity contribution in [1.82, 2.24) is 20.1 Å². The highest BCUT2D eigenvalue weighted by Gasteiger charge is 2.19. The molecule has 0 aliphatic rings. The van der Waals surface area contributed by atoms with Gasteiger partial charge < -0.3 is 15.2 Å². The SMILES string of the molecule is CC(NC(=O)c1ccc(Cl)cc1)c1nnc(SCC(=O)Nc2ccc(F)cc2)n1C. The van der Waals surface area contributed by atoms with Crippen LogP contribution in [0.2, 0.25) is 5.02 Å². The summed E-state index contributed by atoms with van der Waals surface area (Å²) >= 11 is 7.05. The van der Waals surface area contributed by atoms with E-state index in [0.29, 0.717) is 27.3 Å². The Kier molecular flexibility index (Phi) is 7.07. The maximum absolute atomic E-state index is 12.9. The summed E-state index contributed by atoms with van der Waals surface area (Å²) in [4.78, 5) is 24.5. The van der Waals surface area contributed by atoms with Gasteiger partial charge in [-0.1, -0.05) is 23.4 Å². The standard InChI is InChI=1S/C20H19ClFN5O2S/c1-12(23-19(29)13-3-5-14(21)6-4-13)18-25-26-20(27(18)2)30-11-17(28)24-16-9-7-15(22)8-10-16/h3-10,12H,11H2,1-2H3,(H,23,29)(H,24,28). The zero-order chi connectivity index (χ0) is 21.7. The van der Waals surface area contributed by atoms with Crippen molar-refractivity contribution in [2.45, 2.75) is 18.1 Å². The average Bonchev–Trinajstić information content (AvgIpc) is 3.09. The van der Waals surface area contributed by atoms with Crippen LogP contribution < -0.4 is 10.6 Å². The number of benzene rings is 2. The van der Waals surface area contributed by atoms with Crippen LogP contribution in [0.15, 0.2) is 53.7 Å². The normalized spacial score (nSPS) is 11.7. The topological polar surface area (TPSA) is 88.9 Å². The number of carbonyl (C=O) groups is 2. The largest absolute Gasteiger partial charge is 0.342 e. The average molecular weight is 448 g/mol. The third-order valence-corrected chi connectivity index (χ3v) is 5.44. The molecule has 0 aliphatic carbocycles. The van der Waals surface area contributed by atoms with Crippen molar-refractivity contribution in [3.8, 4) is 0 Å². The summed E-state index contributed by atoms with van der Waals surface area (Å²) in [6.07, 6.45) is 0. The number of rotatable bonds is 7. The Morgan fingerprint density at radius 3 is 2.47 bits per heavy atom. The lowest BCUT2D eigenvalue weighted by atomic mass is 10.2. The van der Waals surface area contributed by atoms with Gasteiger partial charge in [0.25, 0.3) is 5.91 Å². The van der Waals surface area contributed by atoms with Crippen LogP contribution >= 0.6 is 23.4 Å². The van der Waals surface area contributed by atoms with Crippen molar-refractivity contribution in [2.24, 2.45) is 7.05 Å². The van der Waals surface area contributed by atoms with Crippen LogP contribution in [0.4, 0.5) is 10.1 Å². The highest BCUT2D eigenvalue weighted by molar-refractivity contribution is 7.99. The number of carbonyl (C=O) groups excluding carboxylic acids is 2. The Labute approximate surface area is 182 Å². The lowest BCUT2D eigenvalue weighted by molar-refractivity contribution is -0.113. The molecule has 0 fully saturated rings. The molecule has 156 valence electrons. The Morgan fingerprint density at radius 1 is 1.13 bits per heavy atom. The minimum Gasteiger partial charge on any atom is -0.342 e. The number of hydrogen-bond acceptors (Lipinski definition) is 5. The van der Waals surface area contributed by atoms with Gasteiger partial charge in [-0.3, -0.25) is 9.59 Å². The van der Waals surface area contributed by atoms with Gasteiger partial charge >= 0.3 is 0 Å². The fourth-order valence-electron chi connectivity index (χ4n) is 2.64. The molecule has 0 saturated carbocycles. The maximum Gasteiger partial charge on any atom is 0.251 e. The van der Waals surface area contributed by atoms with E-state index in [-0.39, 0.29) is 23.4 Å². The van der Waals surface area contributed by atoms with Gasteiger partial charge in [0.2, 0.25) is 5.91 Å². The van der Waals surface area contributed by atoms with Crippen LogP contribution in [-0.2, 0) is 11.8 Å². The summed E-state index contributed by atoms with van der Waals surface area (Å²) in [6, 6.07) is 11.7. The molecule has 2 amide bonds. The number of halogens is 2. The Balaban J connectivity index is 1.56. The van der Waals surface area contributed by atoms with E-state index in [0.717, 1.165) is 0 Å². The third kappa shape index (κ3) is 5.58. The van der Waals surface area contributed by atoms with Crippen LogP contribution in [0, 0.1) is 5.82 Å². The predicted molar refractivity (Wildman–Crippen MR) is 114 cm³/mol. The van der Waals surface area contributed by atoms with E-state index in [1.165, 1.54) is 36.0 Å². The number of nitrogens with one attached hydrogen (secondary N) is 2. The summed E-state index contributed by atoms with van der Waals surface area (Å²) in [5.41, 5.74) is 1.000. The second-order valence-corrected chi connectivity index (χ2v) is 7.82. The van der Waals surface area contributed by atoms with Gasteiger partial charge in [-0.2, -0.15) is 0 Å². The summed E-state index contributed by atoms with van der Waals surface area (Å²) in [5, 5.41) is 14.9. The van der Waals surface area contributed by atoms with E-state index in [2.05, 4.69) is 20.8 Å². The fraction of sp³-hybridized carbons (Fsp3) is 0.200. The molecule has 0 bridgehead atoms. The molecule has 1 unspecified atom stereocenters. The Bertz CT molecular complexity index is 1040. The van der Waals surface area contributed by atoms with Crippen molar-refractivity contribution in [3.63, 3.8) is 0 Å². The molecule has 1 atom stereocenters. The van der Waals surface area contributed by atoms with Crippen molar-refractivity contribution in [3.05, 3.63) is 70.8 Å². The zero-order valence-electron chi connectivity index (χ0n) is 16.2. The van der Waals surface area contributed by atoms with E-state index < -0.39 is 6.04 Å². The van der Waals surface area contributed by atoms with Gasteiger partial charge in [0.15, 0.2) is 11.0 Å². The van der Waals surface area contributed by atoms with Crippen LogP contribution in [-0.4, -0.2) is 32.3 Å². The second kappa shape index (κ2) is 9.73. The minimum absolute atomic E-state index is 0.106.